The van der Waals surface area contributed by atoms with Gasteiger partial charge in [0.1, 0.15) is 0 Å². The summed E-state index contributed by atoms with van der Waals surface area (Å²) in [6.45, 7) is 15.8. The van der Waals surface area contributed by atoms with Gasteiger partial charge >= 0.3 is 23.9 Å². The van der Waals surface area contributed by atoms with Crippen molar-refractivity contribution in [2.75, 3.05) is 0 Å². The summed E-state index contributed by atoms with van der Waals surface area (Å²) in [5, 5.41) is 20.8. The summed E-state index contributed by atoms with van der Waals surface area (Å²) in [5.74, 6) is -2.00. The van der Waals surface area contributed by atoms with Crippen molar-refractivity contribution in [1.29, 1.82) is 0 Å². The van der Waals surface area contributed by atoms with Crippen LogP contribution < -0.4 is 10.2 Å². The number of carboxylic acids is 2. The Morgan fingerprint density at radius 1 is 0.521 bits per heavy atom. The molecule has 4 nitrogen and oxygen atoms in total. The van der Waals surface area contributed by atoms with Gasteiger partial charge in [0.2, 0.25) is 0 Å². The van der Waals surface area contributed by atoms with Gasteiger partial charge in [0, 0.05) is 5.97 Å². The van der Waals surface area contributed by atoms with E-state index in [-0.39, 0.29) is 35.9 Å². The number of hydrogen-bond acceptors (Lipinski definition) is 4. The van der Waals surface area contributed by atoms with Crippen LogP contribution in [0.2, 0.25) is 0 Å². The predicted molar refractivity (Wildman–Crippen MR) is 208 cm³/mol. The Kier molecular flexibility index (Phi) is 53.8. The molecule has 1 aromatic carbocycles. The fraction of sp³-hybridized carbons (Fsp3) is 0.767. The van der Waals surface area contributed by atoms with Crippen molar-refractivity contribution in [2.45, 2.75) is 214 Å². The molecule has 0 fully saturated rings. The van der Waals surface area contributed by atoms with Crippen LogP contribution >= 0.6 is 0 Å². The molecular weight excluding hydrogens is 699 g/mol. The Labute approximate surface area is 317 Å². The fourth-order valence-corrected chi connectivity index (χ4v) is 4.94. The molecule has 278 valence electrons. The van der Waals surface area contributed by atoms with Gasteiger partial charge in [0.25, 0.3) is 0 Å². The van der Waals surface area contributed by atoms with E-state index >= 15 is 0 Å². The van der Waals surface area contributed by atoms with Gasteiger partial charge in [0.05, 0.1) is 5.97 Å². The van der Waals surface area contributed by atoms with Crippen LogP contribution in [0.5, 0.6) is 0 Å². The molecule has 48 heavy (non-hydrogen) atoms. The molecule has 0 bridgehead atoms. The van der Waals surface area contributed by atoms with E-state index in [0.717, 1.165) is 50.5 Å². The number of hydrogen-bond donors (Lipinski definition) is 0. The van der Waals surface area contributed by atoms with Crippen molar-refractivity contribution in [2.24, 2.45) is 0 Å². The second kappa shape index (κ2) is 48.1. The molecule has 1 aromatic rings. The van der Waals surface area contributed by atoms with E-state index in [4.69, 9.17) is 0 Å². The third-order valence-electron chi connectivity index (χ3n) is 8.17. The van der Waals surface area contributed by atoms with Gasteiger partial charge in [-0.2, -0.15) is 0 Å². The summed E-state index contributed by atoms with van der Waals surface area (Å²) in [5.41, 5.74) is 1.34. The summed E-state index contributed by atoms with van der Waals surface area (Å²) in [7, 11) is 0. The minimum absolute atomic E-state index is 0. The van der Waals surface area contributed by atoms with Crippen LogP contribution in [0.1, 0.15) is 223 Å². The Hall–Kier alpha value is -1.04. The summed E-state index contributed by atoms with van der Waals surface area (Å²) in [6, 6.07) is 6.95. The van der Waals surface area contributed by atoms with Crippen molar-refractivity contribution in [3.63, 3.8) is 0 Å². The summed E-state index contributed by atoms with van der Waals surface area (Å²) in [6.07, 6.45) is 36.4. The van der Waals surface area contributed by atoms with Crippen LogP contribution in [0, 0.1) is 13.8 Å². The molecule has 0 aliphatic heterocycles. The van der Waals surface area contributed by atoms with Crippen LogP contribution in [-0.4, -0.2) is 35.8 Å². The quantitative estimate of drug-likeness (QED) is 0.0627. The number of carboxylic acid groups (broad SMARTS) is 2. The maximum atomic E-state index is 10.5. The molecular formula is C43H78O4Sn. The smallest absolute Gasteiger partial charge is 0.550 e. The summed E-state index contributed by atoms with van der Waals surface area (Å²) < 4.78 is 0. The number of carbonyl (C=O) groups is 2. The van der Waals surface area contributed by atoms with Crippen LogP contribution in [0.15, 0.2) is 24.3 Å². The zero-order valence-corrected chi connectivity index (χ0v) is 35.2. The summed E-state index contributed by atoms with van der Waals surface area (Å²) >= 11 is 0. The summed E-state index contributed by atoms with van der Waals surface area (Å²) in [4.78, 5) is 20.8. The number of aliphatic carboxylic acids is 1. The van der Waals surface area contributed by atoms with Gasteiger partial charge in [-0.1, -0.05) is 220 Å². The van der Waals surface area contributed by atoms with E-state index in [2.05, 4.69) is 41.5 Å². The molecule has 5 heteroatoms. The molecule has 0 spiro atoms. The standard InChI is InChI=1S/C24H48O2.C11H14O2.2C4H9.Sn/c1-2-3-4-5-6-7-8-9-10-11-12-13-14-15-16-17-18-19-20-21-22-23-24(25)26;1-2-3-5-9-6-4-7-10(8-9)11(12)13;2*1-3-4-2;/h2-23H2,1H3,(H,25,26);4,6-8H,2-3,5H2,1H3,(H,12,13);2*1,3-4H2,2H3;/q;;;;+2/p-2. The fourth-order valence-electron chi connectivity index (χ4n) is 4.94. The maximum Gasteiger partial charge on any atom is 2.00 e. The van der Waals surface area contributed by atoms with Crippen LogP contribution in [-0.2, 0) is 11.2 Å². The van der Waals surface area contributed by atoms with Crippen molar-refractivity contribution in [3.05, 3.63) is 49.2 Å². The Balaban J connectivity index is -0.000000362. The van der Waals surface area contributed by atoms with E-state index in [1.54, 1.807) is 18.2 Å². The Morgan fingerprint density at radius 3 is 1.15 bits per heavy atom. The van der Waals surface area contributed by atoms with Gasteiger partial charge < -0.3 is 19.8 Å². The molecule has 0 amide bonds. The van der Waals surface area contributed by atoms with Gasteiger partial charge in [-0.15, -0.1) is 0 Å². The van der Waals surface area contributed by atoms with Gasteiger partial charge in [0.15, 0.2) is 0 Å². The van der Waals surface area contributed by atoms with Gasteiger partial charge in [-0.3, -0.25) is 0 Å². The number of aromatic carboxylic acids is 1. The Bertz CT molecular complexity index is 744. The molecule has 0 saturated heterocycles. The first-order valence-electron chi connectivity index (χ1n) is 19.9. The first-order valence-corrected chi connectivity index (χ1v) is 19.9. The van der Waals surface area contributed by atoms with Gasteiger partial charge in [-0.25, -0.2) is 0 Å². The SMILES string of the molecule is CCCCCCCCCCCCCCCCCCCCCCCC(=O)[O-].CCCCc1cccc(C(=O)[O-])c1.[CH2]CCC.[CH2]CCC.[Sn+2]. The van der Waals surface area contributed by atoms with Crippen molar-refractivity contribution >= 4 is 35.8 Å². The predicted octanol–water partition coefficient (Wildman–Crippen LogP) is 11.6. The molecule has 0 aromatic heterocycles. The second-order valence-corrected chi connectivity index (χ2v) is 13.0. The van der Waals surface area contributed by atoms with Gasteiger partial charge in [-0.05, 0) is 42.9 Å². The van der Waals surface area contributed by atoms with Crippen molar-refractivity contribution < 1.29 is 19.8 Å². The largest absolute Gasteiger partial charge is 2.00 e. The molecule has 0 unspecified atom stereocenters. The number of aryl methyl sites for hydroxylation is 1. The average molecular weight is 778 g/mol. The normalized spacial score (nSPS) is 9.96. The van der Waals surface area contributed by atoms with Crippen molar-refractivity contribution in [1.82, 2.24) is 0 Å². The molecule has 0 aliphatic rings. The van der Waals surface area contributed by atoms with E-state index in [9.17, 15) is 19.8 Å². The molecule has 0 saturated carbocycles. The number of carbonyl (C=O) groups excluding carboxylic acids is 2. The molecule has 4 radical (unpaired) electrons. The van der Waals surface area contributed by atoms with Crippen LogP contribution in [0.3, 0.4) is 0 Å². The molecule has 0 heterocycles. The third kappa shape index (κ3) is 49.3. The zero-order valence-electron chi connectivity index (χ0n) is 32.4. The monoisotopic (exact) mass is 778 g/mol. The number of unbranched alkanes of at least 4 members (excludes halogenated alkanes) is 23. The second-order valence-electron chi connectivity index (χ2n) is 13.0. The van der Waals surface area contributed by atoms with E-state index in [1.807, 2.05) is 6.07 Å². The topological polar surface area (TPSA) is 80.3 Å². The van der Waals surface area contributed by atoms with E-state index in [0.29, 0.717) is 0 Å². The minimum Gasteiger partial charge on any atom is -0.550 e. The van der Waals surface area contributed by atoms with Crippen LogP contribution in [0.4, 0.5) is 0 Å². The average Bonchev–Trinajstić information content (AvgIpc) is 3.08. The molecule has 0 N–H and O–H groups in total. The van der Waals surface area contributed by atoms with Crippen LogP contribution in [0.25, 0.3) is 0 Å². The third-order valence-corrected chi connectivity index (χ3v) is 8.17. The maximum absolute atomic E-state index is 10.5. The van der Waals surface area contributed by atoms with E-state index < -0.39 is 11.9 Å². The zero-order chi connectivity index (χ0) is 35.6. The Morgan fingerprint density at radius 2 is 0.854 bits per heavy atom. The number of rotatable bonds is 28. The molecule has 0 atom stereocenters. The molecule has 1 rings (SSSR count). The first kappa shape index (κ1) is 53.7. The molecule has 0 aliphatic carbocycles. The van der Waals surface area contributed by atoms with E-state index in [1.165, 1.54) is 135 Å². The minimum atomic E-state index is -1.10. The first-order chi connectivity index (χ1) is 22.8. The van der Waals surface area contributed by atoms with Crippen molar-refractivity contribution in [3.8, 4) is 0 Å². The number of benzene rings is 1.